The molecule has 3 heteroatoms. The van der Waals surface area contributed by atoms with E-state index in [2.05, 4.69) is 5.32 Å². The molecule has 0 fully saturated rings. The van der Waals surface area contributed by atoms with Gasteiger partial charge in [0.2, 0.25) is 0 Å². The fourth-order valence-electron chi connectivity index (χ4n) is 3.01. The molecule has 0 spiro atoms. The highest BCUT2D eigenvalue weighted by Crippen LogP contribution is 2.34. The molecule has 1 N–H and O–H groups in total. The van der Waals surface area contributed by atoms with E-state index in [4.69, 9.17) is 0 Å². The molecule has 22 heavy (non-hydrogen) atoms. The summed E-state index contributed by atoms with van der Waals surface area (Å²) in [4.78, 5) is 24.5. The minimum absolute atomic E-state index is 0.329. The summed E-state index contributed by atoms with van der Waals surface area (Å²) >= 11 is 0. The van der Waals surface area contributed by atoms with Gasteiger partial charge in [-0.15, -0.1) is 0 Å². The molecule has 4 rings (SSSR count). The standard InChI is InChI=1S/C19H13NO2/c1-11-5-7-12(8-6-11)14-10-9-13-3-2-4-15-16(13)17(14)19(22)20-18(15)21/h2-10H,1H3,(H,20,21,22). The van der Waals surface area contributed by atoms with Gasteiger partial charge in [0.15, 0.2) is 0 Å². The minimum Gasteiger partial charge on any atom is -0.288 e. The Morgan fingerprint density at radius 1 is 0.773 bits per heavy atom. The zero-order chi connectivity index (χ0) is 15.3. The number of benzene rings is 3. The van der Waals surface area contributed by atoms with Crippen LogP contribution in [0.1, 0.15) is 26.3 Å². The van der Waals surface area contributed by atoms with Crippen LogP contribution < -0.4 is 5.32 Å². The lowest BCUT2D eigenvalue weighted by Crippen LogP contribution is -2.35. The van der Waals surface area contributed by atoms with E-state index in [1.165, 1.54) is 5.56 Å². The minimum atomic E-state index is -0.329. The molecule has 0 radical (unpaired) electrons. The van der Waals surface area contributed by atoms with Gasteiger partial charge in [-0.2, -0.15) is 0 Å². The first-order valence-electron chi connectivity index (χ1n) is 7.13. The molecule has 1 aliphatic heterocycles. The maximum atomic E-state index is 12.4. The summed E-state index contributed by atoms with van der Waals surface area (Å²) in [6.45, 7) is 2.03. The van der Waals surface area contributed by atoms with Gasteiger partial charge in [0.1, 0.15) is 0 Å². The molecule has 0 saturated heterocycles. The van der Waals surface area contributed by atoms with E-state index in [0.29, 0.717) is 11.1 Å². The molecule has 3 aromatic carbocycles. The van der Waals surface area contributed by atoms with Crippen LogP contribution in [-0.2, 0) is 0 Å². The van der Waals surface area contributed by atoms with Crippen molar-refractivity contribution in [3.05, 3.63) is 71.3 Å². The third-order valence-corrected chi connectivity index (χ3v) is 4.11. The lowest BCUT2D eigenvalue weighted by Gasteiger charge is -2.19. The SMILES string of the molecule is Cc1ccc(-c2ccc3cccc4c3c2C(=O)NC4=O)cc1. The second-order valence-electron chi connectivity index (χ2n) is 5.54. The van der Waals surface area contributed by atoms with E-state index in [0.717, 1.165) is 21.9 Å². The average molecular weight is 287 g/mol. The zero-order valence-electron chi connectivity index (χ0n) is 12.0. The summed E-state index contributed by atoms with van der Waals surface area (Å²) in [5.74, 6) is -0.658. The smallest absolute Gasteiger partial charge is 0.259 e. The molecule has 0 bridgehead atoms. The quantitative estimate of drug-likeness (QED) is 0.694. The highest BCUT2D eigenvalue weighted by Gasteiger charge is 2.27. The Morgan fingerprint density at radius 2 is 1.55 bits per heavy atom. The monoisotopic (exact) mass is 287 g/mol. The number of rotatable bonds is 1. The first kappa shape index (κ1) is 12.8. The van der Waals surface area contributed by atoms with Crippen molar-refractivity contribution in [1.29, 1.82) is 0 Å². The van der Waals surface area contributed by atoms with Crippen LogP contribution in [0, 0.1) is 6.92 Å². The van der Waals surface area contributed by atoms with Gasteiger partial charge in [0.05, 0.1) is 5.56 Å². The lowest BCUT2D eigenvalue weighted by atomic mass is 9.88. The van der Waals surface area contributed by atoms with E-state index in [-0.39, 0.29) is 11.8 Å². The van der Waals surface area contributed by atoms with Crippen LogP contribution in [0.25, 0.3) is 21.9 Å². The van der Waals surface area contributed by atoms with Crippen LogP contribution in [0.5, 0.6) is 0 Å². The molecule has 2 amide bonds. The van der Waals surface area contributed by atoms with Crippen molar-refractivity contribution in [3.8, 4) is 11.1 Å². The van der Waals surface area contributed by atoms with Gasteiger partial charge >= 0.3 is 0 Å². The van der Waals surface area contributed by atoms with Gasteiger partial charge in [-0.05, 0) is 29.5 Å². The molecule has 0 atom stereocenters. The van der Waals surface area contributed by atoms with Crippen molar-refractivity contribution in [2.45, 2.75) is 6.92 Å². The molecule has 1 aliphatic rings. The summed E-state index contributed by atoms with van der Waals surface area (Å²) in [5, 5.41) is 4.09. The topological polar surface area (TPSA) is 46.2 Å². The van der Waals surface area contributed by atoms with Crippen molar-refractivity contribution in [2.75, 3.05) is 0 Å². The van der Waals surface area contributed by atoms with Crippen molar-refractivity contribution < 1.29 is 9.59 Å². The third kappa shape index (κ3) is 1.76. The van der Waals surface area contributed by atoms with Gasteiger partial charge in [-0.1, -0.05) is 54.1 Å². The maximum absolute atomic E-state index is 12.4. The van der Waals surface area contributed by atoms with Crippen LogP contribution in [0.15, 0.2) is 54.6 Å². The van der Waals surface area contributed by atoms with Crippen LogP contribution in [0.4, 0.5) is 0 Å². The first-order chi connectivity index (χ1) is 10.6. The van der Waals surface area contributed by atoms with Crippen LogP contribution in [0.3, 0.4) is 0 Å². The molecule has 0 unspecified atom stereocenters. The second-order valence-corrected chi connectivity index (χ2v) is 5.54. The largest absolute Gasteiger partial charge is 0.288 e. The lowest BCUT2D eigenvalue weighted by molar-refractivity contribution is 0.0845. The van der Waals surface area contributed by atoms with Gasteiger partial charge < -0.3 is 0 Å². The predicted molar refractivity (Wildman–Crippen MR) is 85.9 cm³/mol. The summed E-state index contributed by atoms with van der Waals surface area (Å²) in [6.07, 6.45) is 0. The third-order valence-electron chi connectivity index (χ3n) is 4.11. The molecule has 3 nitrogen and oxygen atoms in total. The number of carbonyl (C=O) groups is 2. The van der Waals surface area contributed by atoms with Crippen molar-refractivity contribution >= 4 is 22.6 Å². The number of hydrogen-bond acceptors (Lipinski definition) is 2. The molecular formula is C19H13NO2. The van der Waals surface area contributed by atoms with E-state index in [1.54, 1.807) is 6.07 Å². The van der Waals surface area contributed by atoms with Crippen LogP contribution in [-0.4, -0.2) is 11.8 Å². The Kier molecular flexibility index (Phi) is 2.63. The Hall–Kier alpha value is -2.94. The highest BCUT2D eigenvalue weighted by atomic mass is 16.2. The Balaban J connectivity index is 2.10. The number of carbonyl (C=O) groups excluding carboxylic acids is 2. The highest BCUT2D eigenvalue weighted by molar-refractivity contribution is 6.27. The Morgan fingerprint density at radius 3 is 2.32 bits per heavy atom. The van der Waals surface area contributed by atoms with Gasteiger partial charge in [0, 0.05) is 10.9 Å². The van der Waals surface area contributed by atoms with E-state index < -0.39 is 0 Å². The molecule has 0 saturated carbocycles. The Bertz CT molecular complexity index is 940. The number of amides is 2. The number of hydrogen-bond donors (Lipinski definition) is 1. The van der Waals surface area contributed by atoms with E-state index in [9.17, 15) is 9.59 Å². The number of aryl methyl sites for hydroxylation is 1. The normalized spacial score (nSPS) is 13.3. The van der Waals surface area contributed by atoms with E-state index >= 15 is 0 Å². The fraction of sp³-hybridized carbons (Fsp3) is 0.0526. The van der Waals surface area contributed by atoms with Gasteiger partial charge in [-0.3, -0.25) is 14.9 Å². The van der Waals surface area contributed by atoms with Crippen LogP contribution >= 0.6 is 0 Å². The number of nitrogens with one attached hydrogen (secondary N) is 1. The van der Waals surface area contributed by atoms with Crippen LogP contribution in [0.2, 0.25) is 0 Å². The molecule has 1 heterocycles. The van der Waals surface area contributed by atoms with Crippen molar-refractivity contribution in [3.63, 3.8) is 0 Å². The predicted octanol–water partition coefficient (Wildman–Crippen LogP) is 3.70. The maximum Gasteiger partial charge on any atom is 0.259 e. The van der Waals surface area contributed by atoms with E-state index in [1.807, 2.05) is 55.5 Å². The average Bonchev–Trinajstić information content (AvgIpc) is 2.53. The zero-order valence-corrected chi connectivity index (χ0v) is 12.0. The Labute approximate surface area is 127 Å². The summed E-state index contributed by atoms with van der Waals surface area (Å²) in [7, 11) is 0. The molecule has 106 valence electrons. The second kappa shape index (κ2) is 4.53. The molecule has 3 aromatic rings. The summed E-state index contributed by atoms with van der Waals surface area (Å²) < 4.78 is 0. The first-order valence-corrected chi connectivity index (χ1v) is 7.13. The summed E-state index contributed by atoms with van der Waals surface area (Å²) in [6, 6.07) is 17.5. The van der Waals surface area contributed by atoms with Gasteiger partial charge in [0.25, 0.3) is 11.8 Å². The van der Waals surface area contributed by atoms with Crippen molar-refractivity contribution in [1.82, 2.24) is 5.32 Å². The molecule has 0 aliphatic carbocycles. The fourth-order valence-corrected chi connectivity index (χ4v) is 3.01. The summed E-state index contributed by atoms with van der Waals surface area (Å²) in [5.41, 5.74) is 4.13. The number of imide groups is 1. The molecular weight excluding hydrogens is 274 g/mol. The molecule has 0 aromatic heterocycles. The van der Waals surface area contributed by atoms with Crippen molar-refractivity contribution in [2.24, 2.45) is 0 Å². The van der Waals surface area contributed by atoms with Gasteiger partial charge in [-0.25, -0.2) is 0 Å².